The molecule has 3 rings (SSSR count). The zero-order valence-electron chi connectivity index (χ0n) is 21.3. The highest BCUT2D eigenvalue weighted by molar-refractivity contribution is 7.10. The van der Waals surface area contributed by atoms with Gasteiger partial charge in [0.1, 0.15) is 35.9 Å². The van der Waals surface area contributed by atoms with Gasteiger partial charge in [-0.1, -0.05) is 0 Å². The van der Waals surface area contributed by atoms with Crippen molar-refractivity contribution in [3.05, 3.63) is 81.8 Å². The summed E-state index contributed by atoms with van der Waals surface area (Å²) < 4.78 is 45.2. The molecule has 0 aliphatic heterocycles. The molecule has 3 amide bonds. The number of ether oxygens (including phenoxy) is 1. The summed E-state index contributed by atoms with van der Waals surface area (Å²) in [5.74, 6) is -1.77. The van der Waals surface area contributed by atoms with Crippen molar-refractivity contribution < 1.29 is 32.3 Å². The number of rotatable bonds is 14. The van der Waals surface area contributed by atoms with Crippen LogP contribution >= 0.6 is 11.3 Å². The van der Waals surface area contributed by atoms with E-state index in [4.69, 9.17) is 15.9 Å². The number of carbonyl (C=O) groups excluding carboxylic acids is 3. The summed E-state index contributed by atoms with van der Waals surface area (Å²) in [4.78, 5) is 39.9. The third-order valence-electron chi connectivity index (χ3n) is 5.67. The second-order valence-electron chi connectivity index (χ2n) is 8.47. The molecule has 212 valence electrons. The van der Waals surface area contributed by atoms with Crippen LogP contribution in [-0.2, 0) is 16.1 Å². The molecule has 0 saturated carbocycles. The maximum atomic E-state index is 13.3. The Morgan fingerprint density at radius 2 is 1.62 bits per heavy atom. The molecule has 0 spiro atoms. The highest BCUT2D eigenvalue weighted by atomic mass is 32.1. The predicted octanol–water partition coefficient (Wildman–Crippen LogP) is 3.54. The molecule has 0 bridgehead atoms. The summed E-state index contributed by atoms with van der Waals surface area (Å²) in [7, 11) is 0. The number of carbonyl (C=O) groups is 3. The third-order valence-corrected chi connectivity index (χ3v) is 6.61. The molecule has 0 fully saturated rings. The van der Waals surface area contributed by atoms with Crippen molar-refractivity contribution in [2.24, 2.45) is 5.73 Å². The molecular weight excluding hydrogens is 547 g/mol. The maximum Gasteiger partial charge on any atom is 0.251 e. The fourth-order valence-electron chi connectivity index (χ4n) is 3.66. The molecular formula is C27H28F3N5O4S. The fraction of sp³-hybridized carbons (Fsp3) is 0.259. The van der Waals surface area contributed by atoms with Gasteiger partial charge in [0, 0.05) is 34.3 Å². The number of nitrogens with zero attached hydrogens (tertiary/aromatic N) is 1. The highest BCUT2D eigenvalue weighted by Crippen LogP contribution is 2.22. The van der Waals surface area contributed by atoms with E-state index in [2.05, 4.69) is 10.6 Å². The SMILES string of the molecule is N=C(N)c1csc(CNC(=O)C(CCF)N(CCF)C(=O)CNC(=O)c2ccc(Oc3ccc(F)cc3)cc2)c1. The Kier molecular flexibility index (Phi) is 11.1. The van der Waals surface area contributed by atoms with Crippen molar-refractivity contribution in [1.82, 2.24) is 15.5 Å². The van der Waals surface area contributed by atoms with Crippen molar-refractivity contribution in [3.63, 3.8) is 0 Å². The zero-order chi connectivity index (χ0) is 29.1. The molecule has 1 heterocycles. The van der Waals surface area contributed by atoms with E-state index in [1.54, 1.807) is 11.4 Å². The van der Waals surface area contributed by atoms with E-state index in [1.165, 1.54) is 59.9 Å². The van der Waals surface area contributed by atoms with Gasteiger partial charge in [-0.25, -0.2) is 8.78 Å². The first kappa shape index (κ1) is 30.2. The summed E-state index contributed by atoms with van der Waals surface area (Å²) in [6.45, 7) is -2.86. The normalized spacial score (nSPS) is 11.4. The van der Waals surface area contributed by atoms with Gasteiger partial charge in [0.2, 0.25) is 11.8 Å². The Labute approximate surface area is 232 Å². The number of amidine groups is 1. The van der Waals surface area contributed by atoms with Crippen molar-refractivity contribution in [3.8, 4) is 11.5 Å². The van der Waals surface area contributed by atoms with E-state index >= 15 is 0 Å². The summed E-state index contributed by atoms with van der Waals surface area (Å²) in [6, 6.07) is 11.7. The molecule has 5 N–H and O–H groups in total. The van der Waals surface area contributed by atoms with Gasteiger partial charge in [-0.05, 0) is 54.6 Å². The molecule has 1 atom stereocenters. The van der Waals surface area contributed by atoms with Crippen LogP contribution in [0.5, 0.6) is 11.5 Å². The molecule has 0 saturated heterocycles. The van der Waals surface area contributed by atoms with Crippen LogP contribution in [0.1, 0.15) is 27.2 Å². The van der Waals surface area contributed by atoms with Gasteiger partial charge in [-0.3, -0.25) is 24.2 Å². The van der Waals surface area contributed by atoms with Crippen molar-refractivity contribution in [2.75, 3.05) is 26.4 Å². The van der Waals surface area contributed by atoms with Gasteiger partial charge in [-0.15, -0.1) is 11.3 Å². The number of nitrogens with two attached hydrogens (primary N) is 1. The molecule has 2 aromatic carbocycles. The number of halogens is 3. The lowest BCUT2D eigenvalue weighted by atomic mass is 10.1. The molecule has 0 radical (unpaired) electrons. The third kappa shape index (κ3) is 8.56. The number of nitrogen functional groups attached to an aromatic ring is 1. The lowest BCUT2D eigenvalue weighted by Crippen LogP contribution is -2.53. The first-order valence-corrected chi connectivity index (χ1v) is 13.0. The van der Waals surface area contributed by atoms with Gasteiger partial charge in [-0.2, -0.15) is 0 Å². The number of amides is 3. The number of thiophene rings is 1. The first-order valence-electron chi connectivity index (χ1n) is 12.1. The average molecular weight is 576 g/mol. The number of hydrogen-bond acceptors (Lipinski definition) is 6. The smallest absolute Gasteiger partial charge is 0.251 e. The second-order valence-corrected chi connectivity index (χ2v) is 9.46. The molecule has 40 heavy (non-hydrogen) atoms. The van der Waals surface area contributed by atoms with Crippen molar-refractivity contribution >= 4 is 34.9 Å². The number of nitrogens with one attached hydrogen (secondary N) is 3. The van der Waals surface area contributed by atoms with Gasteiger partial charge >= 0.3 is 0 Å². The largest absolute Gasteiger partial charge is 0.457 e. The van der Waals surface area contributed by atoms with E-state index in [-0.39, 0.29) is 24.4 Å². The van der Waals surface area contributed by atoms with Crippen LogP contribution in [0.2, 0.25) is 0 Å². The lowest BCUT2D eigenvalue weighted by molar-refractivity contribution is -0.140. The monoisotopic (exact) mass is 575 g/mol. The number of alkyl halides is 2. The minimum atomic E-state index is -1.29. The number of benzene rings is 2. The summed E-state index contributed by atoms with van der Waals surface area (Å²) in [6.07, 6.45) is -0.357. The summed E-state index contributed by atoms with van der Waals surface area (Å²) >= 11 is 1.26. The van der Waals surface area contributed by atoms with Crippen LogP contribution in [-0.4, -0.2) is 60.9 Å². The first-order chi connectivity index (χ1) is 19.2. The van der Waals surface area contributed by atoms with Crippen LogP contribution in [0.15, 0.2) is 60.0 Å². The standard InChI is InChI=1S/C27H28F3N5O4S/c28-10-9-23(27(38)33-14-22-13-18(16-40-22)25(31)32)35(12-11-29)24(36)15-34-26(37)17-1-5-20(6-2-17)39-21-7-3-19(30)4-8-21/h1-8,13,16,23H,9-12,14-15H2,(H3,31,32)(H,33,38)(H,34,37). The Bertz CT molecular complexity index is 1320. The molecule has 13 heteroatoms. The van der Waals surface area contributed by atoms with E-state index in [0.29, 0.717) is 21.9 Å². The Balaban J connectivity index is 1.58. The Hall–Kier alpha value is -4.39. The predicted molar refractivity (Wildman–Crippen MR) is 144 cm³/mol. The lowest BCUT2D eigenvalue weighted by Gasteiger charge is -2.29. The molecule has 1 unspecified atom stereocenters. The Morgan fingerprint density at radius 1 is 0.975 bits per heavy atom. The topological polar surface area (TPSA) is 138 Å². The van der Waals surface area contributed by atoms with Gasteiger partial charge in [0.25, 0.3) is 5.91 Å². The minimum absolute atomic E-state index is 0.0504. The van der Waals surface area contributed by atoms with Gasteiger partial charge in [0.15, 0.2) is 0 Å². The summed E-state index contributed by atoms with van der Waals surface area (Å²) in [5, 5.41) is 14.1. The van der Waals surface area contributed by atoms with Crippen molar-refractivity contribution in [2.45, 2.75) is 19.0 Å². The highest BCUT2D eigenvalue weighted by Gasteiger charge is 2.29. The van der Waals surface area contributed by atoms with Crippen molar-refractivity contribution in [1.29, 1.82) is 5.41 Å². The maximum absolute atomic E-state index is 13.3. The van der Waals surface area contributed by atoms with E-state index in [1.807, 2.05) is 0 Å². The molecule has 1 aromatic heterocycles. The Morgan fingerprint density at radius 3 is 2.20 bits per heavy atom. The van der Waals surface area contributed by atoms with Crippen LogP contribution in [0.25, 0.3) is 0 Å². The summed E-state index contributed by atoms with van der Waals surface area (Å²) in [5.41, 5.74) is 6.14. The molecule has 0 aliphatic carbocycles. The van der Waals surface area contributed by atoms with Crippen LogP contribution < -0.4 is 21.1 Å². The fourth-order valence-corrected chi connectivity index (χ4v) is 4.48. The van der Waals surface area contributed by atoms with Crippen LogP contribution in [0.3, 0.4) is 0 Å². The molecule has 9 nitrogen and oxygen atoms in total. The van der Waals surface area contributed by atoms with Gasteiger partial charge < -0.3 is 26.0 Å². The molecule has 0 aliphatic rings. The minimum Gasteiger partial charge on any atom is -0.457 e. The van der Waals surface area contributed by atoms with Crippen LogP contribution in [0.4, 0.5) is 13.2 Å². The number of hydrogen-bond donors (Lipinski definition) is 4. The quantitative estimate of drug-likeness (QED) is 0.172. The van der Waals surface area contributed by atoms with Gasteiger partial charge in [0.05, 0.1) is 19.8 Å². The van der Waals surface area contributed by atoms with E-state index in [9.17, 15) is 27.6 Å². The zero-order valence-corrected chi connectivity index (χ0v) is 22.1. The second kappa shape index (κ2) is 14.7. The van der Waals surface area contributed by atoms with E-state index in [0.717, 1.165) is 4.90 Å². The molecule has 3 aromatic rings. The van der Waals surface area contributed by atoms with E-state index < -0.39 is 56.0 Å². The average Bonchev–Trinajstić information content (AvgIpc) is 3.43. The van der Waals surface area contributed by atoms with Crippen LogP contribution in [0, 0.1) is 11.2 Å².